The van der Waals surface area contributed by atoms with Gasteiger partial charge in [0.05, 0.1) is 0 Å². The summed E-state index contributed by atoms with van der Waals surface area (Å²) in [6.07, 6.45) is 0.667. The van der Waals surface area contributed by atoms with Gasteiger partial charge in [-0.25, -0.2) is 8.78 Å². The predicted octanol–water partition coefficient (Wildman–Crippen LogP) is 4.99. The van der Waals surface area contributed by atoms with Crippen molar-refractivity contribution < 1.29 is 8.78 Å². The van der Waals surface area contributed by atoms with Crippen LogP contribution in [0.2, 0.25) is 0 Å². The van der Waals surface area contributed by atoms with Crippen LogP contribution < -0.4 is 0 Å². The van der Waals surface area contributed by atoms with Gasteiger partial charge in [0, 0.05) is 5.92 Å². The maximum atomic E-state index is 13.1. The third kappa shape index (κ3) is 2.95. The Morgan fingerprint density at radius 3 is 2.00 bits per heavy atom. The number of rotatable bonds is 2. The Morgan fingerprint density at radius 2 is 1.62 bits per heavy atom. The lowest BCUT2D eigenvalue weighted by Gasteiger charge is -2.46. The van der Waals surface area contributed by atoms with E-state index in [0.29, 0.717) is 18.3 Å². The molecule has 0 amide bonds. The maximum absolute atomic E-state index is 13.1. The van der Waals surface area contributed by atoms with Gasteiger partial charge in [0.2, 0.25) is 6.43 Å². The smallest absolute Gasteiger partial charge is 0.210 e. The van der Waals surface area contributed by atoms with Crippen molar-refractivity contribution in [1.82, 2.24) is 0 Å². The minimum atomic E-state index is -2.14. The molecule has 0 radical (unpaired) electrons. The van der Waals surface area contributed by atoms with Crippen LogP contribution in [0.15, 0.2) is 0 Å². The second-order valence-corrected chi connectivity index (χ2v) is 6.72. The van der Waals surface area contributed by atoms with Crippen LogP contribution in [-0.4, -0.2) is 6.43 Å². The molecular weight excluding hydrogens is 206 g/mol. The molecule has 0 bridgehead atoms. The van der Waals surface area contributed by atoms with E-state index < -0.39 is 6.43 Å². The Morgan fingerprint density at radius 1 is 1.06 bits per heavy atom. The van der Waals surface area contributed by atoms with Crippen LogP contribution in [0, 0.1) is 29.1 Å². The SMILES string of the molecule is CC(C)C1C(C(F)F)CCCC1C(C)(C)C. The minimum Gasteiger partial charge on any atom is -0.210 e. The quantitative estimate of drug-likeness (QED) is 0.629. The molecule has 0 aromatic rings. The van der Waals surface area contributed by atoms with Gasteiger partial charge >= 0.3 is 0 Å². The van der Waals surface area contributed by atoms with E-state index in [1.165, 1.54) is 0 Å². The van der Waals surface area contributed by atoms with Crippen LogP contribution in [0.25, 0.3) is 0 Å². The van der Waals surface area contributed by atoms with Crippen molar-refractivity contribution in [2.45, 2.75) is 60.3 Å². The van der Waals surface area contributed by atoms with E-state index in [1.807, 2.05) is 0 Å². The molecule has 0 nitrogen and oxygen atoms in total. The van der Waals surface area contributed by atoms with E-state index in [9.17, 15) is 8.78 Å². The summed E-state index contributed by atoms with van der Waals surface area (Å²) in [4.78, 5) is 0. The molecule has 0 aromatic carbocycles. The molecule has 1 aliphatic carbocycles. The number of hydrogen-bond donors (Lipinski definition) is 0. The Balaban J connectivity index is 2.91. The fraction of sp³-hybridized carbons (Fsp3) is 1.00. The van der Waals surface area contributed by atoms with E-state index in [0.717, 1.165) is 12.8 Å². The Kier molecular flexibility index (Phi) is 4.36. The van der Waals surface area contributed by atoms with Crippen molar-refractivity contribution in [3.05, 3.63) is 0 Å². The lowest BCUT2D eigenvalue weighted by Crippen LogP contribution is -2.41. The molecule has 1 fully saturated rings. The molecular formula is C14H26F2. The normalized spacial score (nSPS) is 32.4. The van der Waals surface area contributed by atoms with Gasteiger partial charge in [0.25, 0.3) is 0 Å². The highest BCUT2D eigenvalue weighted by Gasteiger charge is 2.43. The van der Waals surface area contributed by atoms with E-state index >= 15 is 0 Å². The summed E-state index contributed by atoms with van der Waals surface area (Å²) < 4.78 is 26.2. The number of halogens is 2. The first-order chi connectivity index (χ1) is 7.25. The molecule has 1 rings (SSSR count). The molecule has 3 unspecified atom stereocenters. The zero-order valence-electron chi connectivity index (χ0n) is 11.3. The molecule has 0 heterocycles. The fourth-order valence-electron chi connectivity index (χ4n) is 3.52. The van der Waals surface area contributed by atoms with Gasteiger partial charge in [0.15, 0.2) is 0 Å². The highest BCUT2D eigenvalue weighted by Crippen LogP contribution is 2.49. The largest absolute Gasteiger partial charge is 0.241 e. The van der Waals surface area contributed by atoms with Crippen molar-refractivity contribution in [2.24, 2.45) is 29.1 Å². The van der Waals surface area contributed by atoms with Crippen LogP contribution in [0.5, 0.6) is 0 Å². The Labute approximate surface area is 98.8 Å². The van der Waals surface area contributed by atoms with Gasteiger partial charge in [-0.2, -0.15) is 0 Å². The maximum Gasteiger partial charge on any atom is 0.241 e. The monoisotopic (exact) mass is 232 g/mol. The van der Waals surface area contributed by atoms with Crippen LogP contribution in [0.4, 0.5) is 8.78 Å². The topological polar surface area (TPSA) is 0 Å². The van der Waals surface area contributed by atoms with Crippen molar-refractivity contribution in [1.29, 1.82) is 0 Å². The summed E-state index contributed by atoms with van der Waals surface area (Å²) in [6, 6.07) is 0. The molecule has 1 saturated carbocycles. The highest BCUT2D eigenvalue weighted by atomic mass is 19.3. The average molecular weight is 232 g/mol. The summed E-state index contributed by atoms with van der Waals surface area (Å²) in [7, 11) is 0. The van der Waals surface area contributed by atoms with Gasteiger partial charge in [0.1, 0.15) is 0 Å². The van der Waals surface area contributed by atoms with E-state index in [-0.39, 0.29) is 17.3 Å². The van der Waals surface area contributed by atoms with Crippen molar-refractivity contribution in [3.8, 4) is 0 Å². The van der Waals surface area contributed by atoms with Crippen LogP contribution >= 0.6 is 0 Å². The van der Waals surface area contributed by atoms with Gasteiger partial charge in [-0.05, 0) is 36.0 Å². The predicted molar refractivity (Wildman–Crippen MR) is 64.6 cm³/mol. The van der Waals surface area contributed by atoms with E-state index in [4.69, 9.17) is 0 Å². The molecule has 0 aliphatic heterocycles. The second-order valence-electron chi connectivity index (χ2n) is 6.72. The van der Waals surface area contributed by atoms with E-state index in [1.54, 1.807) is 0 Å². The molecule has 0 spiro atoms. The first kappa shape index (κ1) is 13.9. The average Bonchev–Trinajstić information content (AvgIpc) is 2.14. The third-order valence-corrected chi connectivity index (χ3v) is 4.22. The molecule has 0 saturated heterocycles. The van der Waals surface area contributed by atoms with Crippen LogP contribution in [-0.2, 0) is 0 Å². The van der Waals surface area contributed by atoms with Crippen LogP contribution in [0.3, 0.4) is 0 Å². The summed E-state index contributed by atoms with van der Waals surface area (Å²) in [6.45, 7) is 10.8. The standard InChI is InChI=1S/C14H26F2/c1-9(2)12-10(13(15)16)7-6-8-11(12)14(3,4)5/h9-13H,6-8H2,1-5H3. The Hall–Kier alpha value is -0.140. The van der Waals surface area contributed by atoms with Crippen LogP contribution in [0.1, 0.15) is 53.9 Å². The molecule has 96 valence electrons. The number of hydrogen-bond acceptors (Lipinski definition) is 0. The zero-order chi connectivity index (χ0) is 12.5. The first-order valence-corrected chi connectivity index (χ1v) is 6.53. The minimum absolute atomic E-state index is 0.155. The molecule has 1 aliphatic rings. The fourth-order valence-corrected chi connectivity index (χ4v) is 3.52. The first-order valence-electron chi connectivity index (χ1n) is 6.53. The van der Waals surface area contributed by atoms with Crippen molar-refractivity contribution >= 4 is 0 Å². The van der Waals surface area contributed by atoms with Crippen molar-refractivity contribution in [3.63, 3.8) is 0 Å². The summed E-state index contributed by atoms with van der Waals surface area (Å²) in [5, 5.41) is 0. The van der Waals surface area contributed by atoms with Gasteiger partial charge < -0.3 is 0 Å². The lowest BCUT2D eigenvalue weighted by atomic mass is 9.59. The molecule has 3 atom stereocenters. The molecule has 0 aromatic heterocycles. The van der Waals surface area contributed by atoms with Gasteiger partial charge in [-0.15, -0.1) is 0 Å². The highest BCUT2D eigenvalue weighted by molar-refractivity contribution is 4.90. The molecule has 0 N–H and O–H groups in total. The van der Waals surface area contributed by atoms with Gasteiger partial charge in [-0.1, -0.05) is 41.0 Å². The Bertz CT molecular complexity index is 215. The molecule has 16 heavy (non-hydrogen) atoms. The summed E-state index contributed by atoms with van der Waals surface area (Å²) in [5.41, 5.74) is 0.155. The number of alkyl halides is 2. The van der Waals surface area contributed by atoms with E-state index in [2.05, 4.69) is 34.6 Å². The summed E-state index contributed by atoms with van der Waals surface area (Å²) in [5.74, 6) is 0.621. The second kappa shape index (κ2) is 5.01. The molecule has 2 heteroatoms. The van der Waals surface area contributed by atoms with Gasteiger partial charge in [-0.3, -0.25) is 0 Å². The summed E-state index contributed by atoms with van der Waals surface area (Å²) >= 11 is 0. The third-order valence-electron chi connectivity index (χ3n) is 4.22. The zero-order valence-corrected chi connectivity index (χ0v) is 11.3. The lowest BCUT2D eigenvalue weighted by molar-refractivity contribution is -0.0489. The van der Waals surface area contributed by atoms with Crippen molar-refractivity contribution in [2.75, 3.05) is 0 Å².